The molecule has 0 spiro atoms. The topological polar surface area (TPSA) is 92.5 Å². The molecule has 7 heteroatoms. The van der Waals surface area contributed by atoms with Gasteiger partial charge in [0.1, 0.15) is 0 Å². The molecule has 0 saturated heterocycles. The molecule has 1 aliphatic heterocycles. The number of nitro groups is 1. The van der Waals surface area contributed by atoms with Crippen LogP contribution in [0.4, 0.5) is 11.4 Å². The van der Waals surface area contributed by atoms with E-state index in [9.17, 15) is 19.7 Å². The Morgan fingerprint density at radius 3 is 2.38 bits per heavy atom. The minimum Gasteiger partial charge on any atom is -0.330 e. The molecule has 0 bridgehead atoms. The van der Waals surface area contributed by atoms with Crippen molar-refractivity contribution in [2.45, 2.75) is 13.0 Å². The number of rotatable bonds is 2. The van der Waals surface area contributed by atoms with E-state index >= 15 is 0 Å². The van der Waals surface area contributed by atoms with Gasteiger partial charge < -0.3 is 10.2 Å². The molecule has 1 heterocycles. The van der Waals surface area contributed by atoms with Gasteiger partial charge in [-0.3, -0.25) is 19.7 Å². The summed E-state index contributed by atoms with van der Waals surface area (Å²) in [7, 11) is 0. The summed E-state index contributed by atoms with van der Waals surface area (Å²) in [5.74, 6) is -1.36. The van der Waals surface area contributed by atoms with E-state index in [1.807, 2.05) is 24.3 Å². The number of carbonyl (C=O) groups is 2. The highest BCUT2D eigenvalue weighted by Crippen LogP contribution is 2.19. The molecule has 0 aromatic heterocycles. The number of nitrogens with zero attached hydrogens (tertiary/aromatic N) is 2. The number of anilines is 1. The zero-order valence-electron chi connectivity index (χ0n) is 12.8. The quantitative estimate of drug-likeness (QED) is 0.520. The maximum atomic E-state index is 12.3. The Bertz CT molecular complexity index is 802. The molecule has 3 rings (SSSR count). The minimum atomic E-state index is -0.747. The van der Waals surface area contributed by atoms with Crippen LogP contribution in [0.5, 0.6) is 0 Å². The highest BCUT2D eigenvalue weighted by atomic mass is 16.6. The van der Waals surface area contributed by atoms with E-state index in [0.717, 1.165) is 5.56 Å². The lowest BCUT2D eigenvalue weighted by Crippen LogP contribution is -2.42. The molecule has 0 saturated carbocycles. The second kappa shape index (κ2) is 6.49. The molecule has 2 amide bonds. The average Bonchev–Trinajstić information content (AvgIpc) is 2.61. The van der Waals surface area contributed by atoms with E-state index in [1.165, 1.54) is 34.7 Å². The van der Waals surface area contributed by atoms with Crippen LogP contribution >= 0.6 is 0 Å². The number of fused-ring (bicyclic) bond motifs is 1. The number of nitrogens with one attached hydrogen (secondary N) is 1. The van der Waals surface area contributed by atoms with E-state index in [2.05, 4.69) is 5.32 Å². The van der Waals surface area contributed by atoms with Crippen molar-refractivity contribution in [3.05, 3.63) is 69.8 Å². The van der Waals surface area contributed by atoms with Crippen molar-refractivity contribution in [3.8, 4) is 0 Å². The van der Waals surface area contributed by atoms with Crippen molar-refractivity contribution in [1.29, 1.82) is 0 Å². The Hall–Kier alpha value is -3.22. The third kappa shape index (κ3) is 3.24. The summed E-state index contributed by atoms with van der Waals surface area (Å²) in [6, 6.07) is 13.2. The molecule has 24 heavy (non-hydrogen) atoms. The van der Waals surface area contributed by atoms with Gasteiger partial charge in [-0.15, -0.1) is 0 Å². The van der Waals surface area contributed by atoms with Gasteiger partial charge in [0.2, 0.25) is 0 Å². The van der Waals surface area contributed by atoms with Gasteiger partial charge in [-0.1, -0.05) is 24.3 Å². The van der Waals surface area contributed by atoms with Gasteiger partial charge in [-0.05, 0) is 29.7 Å². The summed E-state index contributed by atoms with van der Waals surface area (Å²) >= 11 is 0. The average molecular weight is 325 g/mol. The van der Waals surface area contributed by atoms with Crippen molar-refractivity contribution in [1.82, 2.24) is 4.90 Å². The molecule has 0 fully saturated rings. The van der Waals surface area contributed by atoms with Crippen LogP contribution in [0.25, 0.3) is 0 Å². The number of benzene rings is 2. The molecule has 2 aromatic rings. The number of carbonyl (C=O) groups excluding carboxylic acids is 2. The van der Waals surface area contributed by atoms with Gasteiger partial charge in [-0.25, -0.2) is 0 Å². The number of amides is 2. The highest BCUT2D eigenvalue weighted by Gasteiger charge is 2.25. The zero-order chi connectivity index (χ0) is 17.1. The number of nitro benzene ring substituents is 1. The van der Waals surface area contributed by atoms with Crippen LogP contribution in [-0.2, 0) is 22.6 Å². The van der Waals surface area contributed by atoms with Crippen LogP contribution in [0, 0.1) is 10.1 Å². The van der Waals surface area contributed by atoms with E-state index in [-0.39, 0.29) is 5.69 Å². The van der Waals surface area contributed by atoms with Gasteiger partial charge >= 0.3 is 11.8 Å². The summed E-state index contributed by atoms with van der Waals surface area (Å²) < 4.78 is 0. The third-order valence-corrected chi connectivity index (χ3v) is 3.95. The van der Waals surface area contributed by atoms with Crippen molar-refractivity contribution < 1.29 is 14.5 Å². The third-order valence-electron chi connectivity index (χ3n) is 3.95. The first kappa shape index (κ1) is 15.7. The van der Waals surface area contributed by atoms with Crippen LogP contribution in [0.1, 0.15) is 11.1 Å². The largest absolute Gasteiger partial charge is 0.330 e. The van der Waals surface area contributed by atoms with E-state index < -0.39 is 16.7 Å². The number of hydrogen-bond donors (Lipinski definition) is 1. The molecule has 0 atom stereocenters. The van der Waals surface area contributed by atoms with Gasteiger partial charge in [0.15, 0.2) is 0 Å². The first-order chi connectivity index (χ1) is 11.5. The molecule has 0 unspecified atom stereocenters. The summed E-state index contributed by atoms with van der Waals surface area (Å²) in [4.78, 5) is 36.0. The molecule has 0 radical (unpaired) electrons. The summed E-state index contributed by atoms with van der Waals surface area (Å²) in [6.07, 6.45) is 0.715. The molecule has 7 nitrogen and oxygen atoms in total. The smallest absolute Gasteiger partial charge is 0.313 e. The molecule has 1 aliphatic rings. The fraction of sp³-hybridized carbons (Fsp3) is 0.176. The van der Waals surface area contributed by atoms with E-state index in [0.29, 0.717) is 25.2 Å². The van der Waals surface area contributed by atoms with Crippen molar-refractivity contribution in [2.24, 2.45) is 0 Å². The van der Waals surface area contributed by atoms with E-state index in [1.54, 1.807) is 0 Å². The predicted octanol–water partition coefficient (Wildman–Crippen LogP) is 2.12. The Balaban J connectivity index is 1.65. The zero-order valence-corrected chi connectivity index (χ0v) is 12.8. The van der Waals surface area contributed by atoms with Gasteiger partial charge in [-0.2, -0.15) is 0 Å². The lowest BCUT2D eigenvalue weighted by Gasteiger charge is -2.28. The van der Waals surface area contributed by atoms with Crippen molar-refractivity contribution in [3.63, 3.8) is 0 Å². The van der Waals surface area contributed by atoms with Crippen LogP contribution in [0.15, 0.2) is 48.5 Å². The summed E-state index contributed by atoms with van der Waals surface area (Å²) in [5.41, 5.74) is 2.50. The fourth-order valence-corrected chi connectivity index (χ4v) is 2.66. The normalized spacial score (nSPS) is 13.1. The number of hydrogen-bond acceptors (Lipinski definition) is 4. The summed E-state index contributed by atoms with van der Waals surface area (Å²) in [5, 5.41) is 13.1. The monoisotopic (exact) mass is 325 g/mol. The maximum absolute atomic E-state index is 12.3. The molecular formula is C17H15N3O4. The minimum absolute atomic E-state index is 0.0769. The predicted molar refractivity (Wildman–Crippen MR) is 87.3 cm³/mol. The second-order valence-corrected chi connectivity index (χ2v) is 5.50. The Labute approximate surface area is 138 Å². The van der Waals surface area contributed by atoms with Gasteiger partial charge in [0, 0.05) is 30.9 Å². The molecule has 122 valence electrons. The van der Waals surface area contributed by atoms with Crippen molar-refractivity contribution in [2.75, 3.05) is 11.9 Å². The Morgan fingerprint density at radius 2 is 1.71 bits per heavy atom. The first-order valence-corrected chi connectivity index (χ1v) is 7.46. The molecular weight excluding hydrogens is 310 g/mol. The maximum Gasteiger partial charge on any atom is 0.313 e. The highest BCUT2D eigenvalue weighted by molar-refractivity contribution is 6.39. The Morgan fingerprint density at radius 1 is 1.04 bits per heavy atom. The SMILES string of the molecule is O=C(Nc1ccc([N+](=O)[O-])cc1)C(=O)N1CCc2ccccc2C1. The van der Waals surface area contributed by atoms with E-state index in [4.69, 9.17) is 0 Å². The van der Waals surface area contributed by atoms with Gasteiger partial charge in [0.05, 0.1) is 4.92 Å². The van der Waals surface area contributed by atoms with Gasteiger partial charge in [0.25, 0.3) is 5.69 Å². The Kier molecular flexibility index (Phi) is 4.24. The van der Waals surface area contributed by atoms with Crippen molar-refractivity contribution >= 4 is 23.2 Å². The summed E-state index contributed by atoms with van der Waals surface area (Å²) in [6.45, 7) is 0.895. The lowest BCUT2D eigenvalue weighted by molar-refractivity contribution is -0.384. The number of non-ortho nitro benzene ring substituents is 1. The lowest BCUT2D eigenvalue weighted by atomic mass is 10.00. The first-order valence-electron chi connectivity index (χ1n) is 7.46. The van der Waals surface area contributed by atoms with Crippen LogP contribution in [0.2, 0.25) is 0 Å². The molecule has 2 aromatic carbocycles. The fourth-order valence-electron chi connectivity index (χ4n) is 2.66. The molecule has 1 N–H and O–H groups in total. The second-order valence-electron chi connectivity index (χ2n) is 5.50. The van der Waals surface area contributed by atoms with Crippen LogP contribution in [-0.4, -0.2) is 28.2 Å². The molecule has 0 aliphatic carbocycles. The van der Waals surface area contributed by atoms with Crippen LogP contribution < -0.4 is 5.32 Å². The standard InChI is InChI=1S/C17H15N3O4/c21-16(18-14-5-7-15(8-6-14)20(23)24)17(22)19-10-9-12-3-1-2-4-13(12)11-19/h1-8H,9-11H2,(H,18,21). The van der Waals surface area contributed by atoms with Crippen LogP contribution in [0.3, 0.4) is 0 Å².